The van der Waals surface area contributed by atoms with Gasteiger partial charge in [0.15, 0.2) is 12.3 Å². The van der Waals surface area contributed by atoms with Crippen molar-refractivity contribution in [3.63, 3.8) is 0 Å². The van der Waals surface area contributed by atoms with Gasteiger partial charge in [0.25, 0.3) is 0 Å². The van der Waals surface area contributed by atoms with Crippen molar-refractivity contribution in [3.8, 4) is 18.2 Å². The number of halogens is 3. The van der Waals surface area contributed by atoms with Gasteiger partial charge in [-0.05, 0) is 0 Å². The van der Waals surface area contributed by atoms with Crippen LogP contribution in [0.5, 0.6) is 5.88 Å². The summed E-state index contributed by atoms with van der Waals surface area (Å²) < 4.78 is 48.8. The number of aromatic nitrogens is 2. The second kappa shape index (κ2) is 7.83. The van der Waals surface area contributed by atoms with Gasteiger partial charge in [-0.2, -0.15) is 18.2 Å². The topological polar surface area (TPSA) is 117 Å². The minimum atomic E-state index is -4.75. The van der Waals surface area contributed by atoms with E-state index in [1.54, 1.807) is 0 Å². The van der Waals surface area contributed by atoms with Gasteiger partial charge in [-0.25, -0.2) is 4.98 Å². The standard InChI is InChI=1S/C14H16F3N3O5/c1-2-3-24-10-4-9(14(15,16)17)19-13(20-10)18-7-6-25-8(5-21)12(23)11(7)22/h1,4,7-8,11-12,21-23H,3,5-6H2,(H,18,19,20)/t7-,8+,11+,12-/m0/s1. The second-order valence-electron chi connectivity index (χ2n) is 5.19. The Hall–Kier alpha value is -2.13. The molecule has 0 spiro atoms. The molecule has 0 aliphatic carbocycles. The lowest BCUT2D eigenvalue weighted by Crippen LogP contribution is -2.56. The Morgan fingerprint density at radius 2 is 2.08 bits per heavy atom. The van der Waals surface area contributed by atoms with Crippen molar-refractivity contribution in [1.29, 1.82) is 0 Å². The zero-order valence-corrected chi connectivity index (χ0v) is 12.8. The lowest BCUT2D eigenvalue weighted by Gasteiger charge is -2.37. The number of nitrogens with one attached hydrogen (secondary N) is 1. The van der Waals surface area contributed by atoms with Crippen molar-refractivity contribution < 1.29 is 38.0 Å². The number of alkyl halides is 3. The van der Waals surface area contributed by atoms with Crippen LogP contribution in [0.3, 0.4) is 0 Å². The predicted octanol–water partition coefficient (Wildman–Crippen LogP) is -0.599. The number of hydrogen-bond donors (Lipinski definition) is 4. The molecule has 1 aromatic heterocycles. The summed E-state index contributed by atoms with van der Waals surface area (Å²) >= 11 is 0. The molecule has 1 aromatic rings. The average molecular weight is 363 g/mol. The van der Waals surface area contributed by atoms with E-state index in [0.29, 0.717) is 6.07 Å². The van der Waals surface area contributed by atoms with Crippen LogP contribution in [0, 0.1) is 12.3 Å². The number of nitrogens with zero attached hydrogens (tertiary/aromatic N) is 2. The highest BCUT2D eigenvalue weighted by Crippen LogP contribution is 2.30. The van der Waals surface area contributed by atoms with E-state index >= 15 is 0 Å². The van der Waals surface area contributed by atoms with E-state index < -0.39 is 54.7 Å². The van der Waals surface area contributed by atoms with Gasteiger partial charge in [-0.15, -0.1) is 6.42 Å². The summed E-state index contributed by atoms with van der Waals surface area (Å²) in [5.74, 6) is 1.22. The Morgan fingerprint density at radius 1 is 1.36 bits per heavy atom. The smallest absolute Gasteiger partial charge is 0.433 e. The molecule has 1 fully saturated rings. The second-order valence-corrected chi connectivity index (χ2v) is 5.19. The van der Waals surface area contributed by atoms with E-state index in [9.17, 15) is 23.4 Å². The molecule has 0 unspecified atom stereocenters. The van der Waals surface area contributed by atoms with Crippen LogP contribution in [-0.4, -0.2) is 69.5 Å². The molecular weight excluding hydrogens is 347 g/mol. The third kappa shape index (κ3) is 4.70. The maximum absolute atomic E-state index is 12.9. The fraction of sp³-hybridized carbons (Fsp3) is 0.571. The first-order valence-corrected chi connectivity index (χ1v) is 7.14. The number of ether oxygens (including phenoxy) is 2. The molecule has 8 nitrogen and oxygen atoms in total. The summed E-state index contributed by atoms with van der Waals surface area (Å²) in [4.78, 5) is 7.07. The average Bonchev–Trinajstić information content (AvgIpc) is 2.56. The molecule has 11 heteroatoms. The quantitative estimate of drug-likeness (QED) is 0.513. The van der Waals surface area contributed by atoms with Gasteiger partial charge in [0.2, 0.25) is 11.8 Å². The maximum Gasteiger partial charge on any atom is 0.433 e. The van der Waals surface area contributed by atoms with E-state index in [1.165, 1.54) is 0 Å². The molecule has 4 N–H and O–H groups in total. The highest BCUT2D eigenvalue weighted by Gasteiger charge is 2.39. The normalized spacial score (nSPS) is 26.8. The van der Waals surface area contributed by atoms with Crippen LogP contribution < -0.4 is 10.1 Å². The molecule has 138 valence electrons. The Bertz CT molecular complexity index is 637. The van der Waals surface area contributed by atoms with Crippen LogP contribution in [0.2, 0.25) is 0 Å². The zero-order chi connectivity index (χ0) is 18.6. The van der Waals surface area contributed by atoms with Crippen molar-refractivity contribution in [2.24, 2.45) is 0 Å². The van der Waals surface area contributed by atoms with Crippen molar-refractivity contribution in [1.82, 2.24) is 9.97 Å². The monoisotopic (exact) mass is 363 g/mol. The van der Waals surface area contributed by atoms with Crippen molar-refractivity contribution >= 4 is 5.95 Å². The van der Waals surface area contributed by atoms with Crippen molar-refractivity contribution in [3.05, 3.63) is 11.8 Å². The number of rotatable bonds is 5. The van der Waals surface area contributed by atoms with Gasteiger partial charge in [0.05, 0.1) is 19.3 Å². The van der Waals surface area contributed by atoms with Crippen LogP contribution >= 0.6 is 0 Å². The third-order valence-electron chi connectivity index (χ3n) is 3.42. The summed E-state index contributed by atoms with van der Waals surface area (Å²) in [6.07, 6.45) is -3.60. The number of hydrogen-bond acceptors (Lipinski definition) is 8. The molecular formula is C14H16F3N3O5. The van der Waals surface area contributed by atoms with Gasteiger partial charge in [-0.1, -0.05) is 5.92 Å². The molecule has 2 heterocycles. The van der Waals surface area contributed by atoms with E-state index in [0.717, 1.165) is 0 Å². The van der Waals surface area contributed by atoms with Crippen LogP contribution in [0.1, 0.15) is 5.69 Å². The van der Waals surface area contributed by atoms with Crippen molar-refractivity contribution in [2.75, 3.05) is 25.1 Å². The summed E-state index contributed by atoms with van der Waals surface area (Å²) in [5.41, 5.74) is -1.27. The molecule has 25 heavy (non-hydrogen) atoms. The Kier molecular flexibility index (Phi) is 6.02. The zero-order valence-electron chi connectivity index (χ0n) is 12.8. The molecule has 0 radical (unpaired) electrons. The molecule has 1 saturated heterocycles. The van der Waals surface area contributed by atoms with E-state index in [4.69, 9.17) is 21.0 Å². The molecule has 4 atom stereocenters. The van der Waals surface area contributed by atoms with Crippen LogP contribution in [0.25, 0.3) is 0 Å². The van der Waals surface area contributed by atoms with Gasteiger partial charge in [0.1, 0.15) is 18.3 Å². The highest BCUT2D eigenvalue weighted by molar-refractivity contribution is 5.34. The van der Waals surface area contributed by atoms with Gasteiger partial charge in [0, 0.05) is 6.07 Å². The maximum atomic E-state index is 12.9. The minimum Gasteiger partial charge on any atom is -0.464 e. The molecule has 0 aromatic carbocycles. The Labute approximate surface area is 140 Å². The van der Waals surface area contributed by atoms with Crippen LogP contribution in [0.4, 0.5) is 19.1 Å². The number of aliphatic hydroxyl groups is 3. The lowest BCUT2D eigenvalue weighted by atomic mass is 9.98. The first kappa shape index (κ1) is 19.2. The summed E-state index contributed by atoms with van der Waals surface area (Å²) in [6, 6.07) is -0.408. The van der Waals surface area contributed by atoms with Crippen LogP contribution in [-0.2, 0) is 10.9 Å². The summed E-state index contributed by atoms with van der Waals surface area (Å²) in [5, 5.41) is 31.3. The van der Waals surface area contributed by atoms with E-state index in [1.807, 2.05) is 0 Å². The van der Waals surface area contributed by atoms with E-state index in [2.05, 4.69) is 21.2 Å². The predicted molar refractivity (Wildman–Crippen MR) is 77.6 cm³/mol. The molecule has 0 amide bonds. The van der Waals surface area contributed by atoms with Gasteiger partial charge in [-0.3, -0.25) is 0 Å². The number of terminal acetylenes is 1. The fourth-order valence-electron chi connectivity index (χ4n) is 2.16. The SMILES string of the molecule is C#CCOc1cc(C(F)(F)F)nc(N[C@H]2CO[C@H](CO)[C@H](O)[C@@H]2O)n1. The molecule has 2 rings (SSSR count). The fourth-order valence-corrected chi connectivity index (χ4v) is 2.16. The summed E-state index contributed by atoms with van der Waals surface area (Å²) in [6.45, 7) is -1.00. The lowest BCUT2D eigenvalue weighted by molar-refractivity contribution is -0.152. The number of anilines is 1. The molecule has 0 saturated carbocycles. The number of aliphatic hydroxyl groups excluding tert-OH is 3. The molecule has 1 aliphatic heterocycles. The van der Waals surface area contributed by atoms with E-state index in [-0.39, 0.29) is 13.2 Å². The first-order chi connectivity index (χ1) is 11.8. The molecule has 0 bridgehead atoms. The minimum absolute atomic E-state index is 0.191. The Balaban J connectivity index is 2.22. The molecule has 1 aliphatic rings. The van der Waals surface area contributed by atoms with Gasteiger partial charge >= 0.3 is 6.18 Å². The van der Waals surface area contributed by atoms with Gasteiger partial charge < -0.3 is 30.1 Å². The Morgan fingerprint density at radius 3 is 2.68 bits per heavy atom. The highest BCUT2D eigenvalue weighted by atomic mass is 19.4. The van der Waals surface area contributed by atoms with Crippen LogP contribution in [0.15, 0.2) is 6.07 Å². The summed E-state index contributed by atoms with van der Waals surface area (Å²) in [7, 11) is 0. The third-order valence-corrected chi connectivity index (χ3v) is 3.42. The first-order valence-electron chi connectivity index (χ1n) is 7.14. The largest absolute Gasteiger partial charge is 0.464 e. The van der Waals surface area contributed by atoms with Crippen molar-refractivity contribution in [2.45, 2.75) is 30.5 Å².